The Hall–Kier alpha value is -3.40. The number of rotatable bonds is 2. The van der Waals surface area contributed by atoms with E-state index < -0.39 is 0 Å². The molecule has 0 spiro atoms. The quantitative estimate of drug-likeness (QED) is 0.504. The monoisotopic (exact) mass is 342 g/mol. The highest BCUT2D eigenvalue weighted by molar-refractivity contribution is 5.92. The number of aromatic nitrogens is 2. The van der Waals surface area contributed by atoms with Crippen LogP contribution in [0, 0.1) is 13.8 Å². The molecule has 2 N–H and O–H groups in total. The number of hydrogen-bond donors (Lipinski definition) is 2. The molecule has 4 rings (SSSR count). The first kappa shape index (κ1) is 16.1. The van der Waals surface area contributed by atoms with Crippen LogP contribution in [0.5, 0.6) is 11.5 Å². The smallest absolute Gasteiger partial charge is 0.163 e. The number of fused-ring (bicyclic) bond motifs is 1. The molecule has 0 fully saturated rings. The van der Waals surface area contributed by atoms with E-state index in [1.54, 1.807) is 13.8 Å². The molecule has 4 heteroatoms. The van der Waals surface area contributed by atoms with E-state index in [0.717, 1.165) is 22.5 Å². The third-order valence-corrected chi connectivity index (χ3v) is 4.64. The second-order valence-electron chi connectivity index (χ2n) is 6.30. The highest BCUT2D eigenvalue weighted by atomic mass is 16.3. The zero-order valence-electron chi connectivity index (χ0n) is 14.6. The first-order valence-electron chi connectivity index (χ1n) is 8.41. The molecular weight excluding hydrogens is 324 g/mol. The highest BCUT2D eigenvalue weighted by Crippen LogP contribution is 2.40. The van der Waals surface area contributed by atoms with Crippen LogP contribution < -0.4 is 0 Å². The fraction of sp³-hybridized carbons (Fsp3) is 0.0909. The van der Waals surface area contributed by atoms with Crippen LogP contribution in [0.25, 0.3) is 33.5 Å². The molecule has 0 saturated carbocycles. The molecule has 26 heavy (non-hydrogen) atoms. The Balaban J connectivity index is 2.14. The van der Waals surface area contributed by atoms with Gasteiger partial charge in [-0.15, -0.1) is 0 Å². The molecule has 0 saturated heterocycles. The third-order valence-electron chi connectivity index (χ3n) is 4.64. The van der Waals surface area contributed by atoms with E-state index >= 15 is 0 Å². The molecule has 4 nitrogen and oxygen atoms in total. The average Bonchev–Trinajstić information content (AvgIpc) is 2.71. The van der Waals surface area contributed by atoms with E-state index in [1.807, 2.05) is 60.7 Å². The molecule has 4 aromatic rings. The molecule has 128 valence electrons. The number of aromatic hydroxyl groups is 2. The van der Waals surface area contributed by atoms with E-state index in [1.165, 1.54) is 0 Å². The molecule has 0 aliphatic carbocycles. The van der Waals surface area contributed by atoms with Gasteiger partial charge in [-0.05, 0) is 13.8 Å². The van der Waals surface area contributed by atoms with Crippen molar-refractivity contribution in [2.45, 2.75) is 13.8 Å². The summed E-state index contributed by atoms with van der Waals surface area (Å²) < 4.78 is 0. The van der Waals surface area contributed by atoms with Crippen molar-refractivity contribution in [3.63, 3.8) is 0 Å². The summed E-state index contributed by atoms with van der Waals surface area (Å²) in [6.45, 7) is 3.48. The lowest BCUT2D eigenvalue weighted by molar-refractivity contribution is 0.399. The maximum absolute atomic E-state index is 10.2. The fourth-order valence-electron chi connectivity index (χ4n) is 3.13. The second kappa shape index (κ2) is 6.15. The Morgan fingerprint density at radius 1 is 0.577 bits per heavy atom. The lowest BCUT2D eigenvalue weighted by Gasteiger charge is -2.15. The number of aryl methyl sites for hydroxylation is 2. The van der Waals surface area contributed by atoms with Crippen molar-refractivity contribution < 1.29 is 10.2 Å². The number of phenolic OH excluding ortho intramolecular Hbond substituents is 2. The summed E-state index contributed by atoms with van der Waals surface area (Å²) in [6.07, 6.45) is 0. The topological polar surface area (TPSA) is 66.2 Å². The van der Waals surface area contributed by atoms with Crippen LogP contribution in [-0.2, 0) is 0 Å². The van der Waals surface area contributed by atoms with Gasteiger partial charge < -0.3 is 10.2 Å². The first-order chi connectivity index (χ1) is 12.6. The van der Waals surface area contributed by atoms with E-state index in [2.05, 4.69) is 0 Å². The predicted molar refractivity (Wildman–Crippen MR) is 103 cm³/mol. The van der Waals surface area contributed by atoms with Crippen molar-refractivity contribution in [1.29, 1.82) is 0 Å². The number of hydrogen-bond acceptors (Lipinski definition) is 4. The van der Waals surface area contributed by atoms with Gasteiger partial charge in [0, 0.05) is 22.3 Å². The van der Waals surface area contributed by atoms with Crippen LogP contribution in [-0.4, -0.2) is 20.2 Å². The van der Waals surface area contributed by atoms with Crippen molar-refractivity contribution >= 4 is 11.0 Å². The van der Waals surface area contributed by atoms with Gasteiger partial charge in [-0.3, -0.25) is 0 Å². The van der Waals surface area contributed by atoms with Crippen molar-refractivity contribution in [3.8, 4) is 34.0 Å². The summed E-state index contributed by atoms with van der Waals surface area (Å²) >= 11 is 0. The summed E-state index contributed by atoms with van der Waals surface area (Å²) in [5, 5.41) is 20.4. The van der Waals surface area contributed by atoms with Crippen molar-refractivity contribution in [2.24, 2.45) is 0 Å². The van der Waals surface area contributed by atoms with E-state index in [-0.39, 0.29) is 11.5 Å². The molecule has 1 aromatic heterocycles. The summed E-state index contributed by atoms with van der Waals surface area (Å²) in [7, 11) is 0. The number of phenols is 2. The maximum atomic E-state index is 10.2. The minimum Gasteiger partial charge on any atom is -0.504 e. The lowest BCUT2D eigenvalue weighted by atomic mass is 10.0. The third kappa shape index (κ3) is 2.47. The van der Waals surface area contributed by atoms with E-state index in [4.69, 9.17) is 9.97 Å². The number of benzene rings is 3. The Labute approximate surface area is 151 Å². The summed E-state index contributed by atoms with van der Waals surface area (Å²) in [5.74, 6) is -0.286. The van der Waals surface area contributed by atoms with Crippen LogP contribution in [0.4, 0.5) is 0 Å². The molecule has 0 aliphatic rings. The molecular formula is C22H18N2O2. The lowest BCUT2D eigenvalue weighted by Crippen LogP contribution is -1.99. The van der Waals surface area contributed by atoms with Gasteiger partial charge in [0.1, 0.15) is 0 Å². The normalized spacial score (nSPS) is 11.0. The van der Waals surface area contributed by atoms with Crippen LogP contribution in [0.15, 0.2) is 60.7 Å². The molecule has 0 unspecified atom stereocenters. The zero-order valence-corrected chi connectivity index (χ0v) is 14.6. The van der Waals surface area contributed by atoms with Crippen LogP contribution in [0.1, 0.15) is 11.1 Å². The van der Waals surface area contributed by atoms with Crippen LogP contribution >= 0.6 is 0 Å². The Morgan fingerprint density at radius 2 is 0.923 bits per heavy atom. The van der Waals surface area contributed by atoms with Crippen molar-refractivity contribution in [2.75, 3.05) is 0 Å². The SMILES string of the molecule is Cc1c(O)c(O)c(C)c2nc(-c3ccccc3)c(-c3ccccc3)nc12. The Kier molecular flexibility index (Phi) is 3.81. The van der Waals surface area contributed by atoms with E-state index in [0.29, 0.717) is 22.2 Å². The second-order valence-corrected chi connectivity index (χ2v) is 6.30. The summed E-state index contributed by atoms with van der Waals surface area (Å²) in [4.78, 5) is 9.70. The standard InChI is InChI=1S/C22H18N2O2/c1-13-17-18(14(2)22(26)21(13)25)24-20(16-11-7-4-8-12-16)19(23-17)15-9-5-3-6-10-15/h3-12,25-26H,1-2H3. The molecule has 0 bridgehead atoms. The number of nitrogens with zero attached hydrogens (tertiary/aromatic N) is 2. The highest BCUT2D eigenvalue weighted by Gasteiger charge is 2.20. The molecule has 0 atom stereocenters. The minimum atomic E-state index is -0.143. The first-order valence-corrected chi connectivity index (χ1v) is 8.41. The van der Waals surface area contributed by atoms with Gasteiger partial charge in [-0.25, -0.2) is 9.97 Å². The fourth-order valence-corrected chi connectivity index (χ4v) is 3.13. The van der Waals surface area contributed by atoms with Gasteiger partial charge in [-0.1, -0.05) is 60.7 Å². The van der Waals surface area contributed by atoms with Gasteiger partial charge in [0.15, 0.2) is 11.5 Å². The molecule has 1 heterocycles. The summed E-state index contributed by atoms with van der Waals surface area (Å²) in [5.41, 5.74) is 5.62. The van der Waals surface area contributed by atoms with Gasteiger partial charge in [-0.2, -0.15) is 0 Å². The Morgan fingerprint density at radius 3 is 1.27 bits per heavy atom. The molecule has 0 amide bonds. The van der Waals surface area contributed by atoms with Gasteiger partial charge in [0.2, 0.25) is 0 Å². The largest absolute Gasteiger partial charge is 0.504 e. The molecule has 3 aromatic carbocycles. The van der Waals surface area contributed by atoms with Crippen molar-refractivity contribution in [1.82, 2.24) is 9.97 Å². The van der Waals surface area contributed by atoms with Crippen LogP contribution in [0.2, 0.25) is 0 Å². The summed E-state index contributed by atoms with van der Waals surface area (Å²) in [6, 6.07) is 19.7. The van der Waals surface area contributed by atoms with Gasteiger partial charge in [0.25, 0.3) is 0 Å². The maximum Gasteiger partial charge on any atom is 0.163 e. The zero-order chi connectivity index (χ0) is 18.3. The van der Waals surface area contributed by atoms with Gasteiger partial charge in [0.05, 0.1) is 22.4 Å². The van der Waals surface area contributed by atoms with Gasteiger partial charge >= 0.3 is 0 Å². The van der Waals surface area contributed by atoms with Crippen molar-refractivity contribution in [3.05, 3.63) is 71.8 Å². The molecule has 0 aliphatic heterocycles. The average molecular weight is 342 g/mol. The van der Waals surface area contributed by atoms with Crippen LogP contribution in [0.3, 0.4) is 0 Å². The minimum absolute atomic E-state index is 0.143. The Bertz CT molecular complexity index is 1020. The molecule has 0 radical (unpaired) electrons. The predicted octanol–water partition coefficient (Wildman–Crippen LogP) is 4.99. The van der Waals surface area contributed by atoms with E-state index in [9.17, 15) is 10.2 Å².